The zero-order valence-electron chi connectivity index (χ0n) is 16.7. The van der Waals surface area contributed by atoms with Crippen LogP contribution >= 0.6 is 0 Å². The first-order valence-electron chi connectivity index (χ1n) is 9.75. The van der Waals surface area contributed by atoms with Gasteiger partial charge in [0.1, 0.15) is 17.2 Å². The number of halogens is 4. The van der Waals surface area contributed by atoms with Gasteiger partial charge in [-0.15, -0.1) is 0 Å². The lowest BCUT2D eigenvalue weighted by Gasteiger charge is -2.39. The number of fused-ring (bicyclic) bond motifs is 2. The summed E-state index contributed by atoms with van der Waals surface area (Å²) in [5.74, 6) is -1.57. The second kappa shape index (κ2) is 7.61. The van der Waals surface area contributed by atoms with E-state index >= 15 is 0 Å². The van der Waals surface area contributed by atoms with Gasteiger partial charge in [-0.25, -0.2) is 9.18 Å². The van der Waals surface area contributed by atoms with Crippen molar-refractivity contribution in [2.24, 2.45) is 5.92 Å². The quantitative estimate of drug-likeness (QED) is 0.643. The second-order valence-corrected chi connectivity index (χ2v) is 8.89. The molecule has 2 fully saturated rings. The number of amides is 1. The Morgan fingerprint density at radius 3 is 2.17 bits per heavy atom. The number of piperidine rings is 1. The lowest BCUT2D eigenvalue weighted by molar-refractivity contribution is -0.137. The molecule has 8 heteroatoms. The predicted molar refractivity (Wildman–Crippen MR) is 97.7 cm³/mol. The lowest BCUT2D eigenvalue weighted by atomic mass is 9.85. The van der Waals surface area contributed by atoms with E-state index < -0.39 is 23.2 Å². The summed E-state index contributed by atoms with van der Waals surface area (Å²) < 4.78 is 57.6. The van der Waals surface area contributed by atoms with E-state index in [0.717, 1.165) is 25.0 Å². The van der Waals surface area contributed by atoms with Gasteiger partial charge in [0.15, 0.2) is 0 Å². The lowest BCUT2D eigenvalue weighted by Crippen LogP contribution is -2.49. The van der Waals surface area contributed by atoms with E-state index in [1.165, 1.54) is 0 Å². The van der Waals surface area contributed by atoms with Gasteiger partial charge in [-0.05, 0) is 64.2 Å². The molecule has 1 aromatic carbocycles. The van der Waals surface area contributed by atoms with E-state index in [9.17, 15) is 27.2 Å². The molecule has 2 unspecified atom stereocenters. The monoisotopic (exact) mass is 415 g/mol. The highest BCUT2D eigenvalue weighted by molar-refractivity contribution is 5.84. The Kier molecular flexibility index (Phi) is 5.66. The highest BCUT2D eigenvalue weighted by Gasteiger charge is 2.46. The summed E-state index contributed by atoms with van der Waals surface area (Å²) in [6, 6.07) is 2.04. The number of hydrogen-bond donors (Lipinski definition) is 0. The molecule has 4 nitrogen and oxygen atoms in total. The number of ether oxygens (including phenoxy) is 1. The Labute approximate surface area is 167 Å². The molecule has 2 aliphatic heterocycles. The van der Waals surface area contributed by atoms with Gasteiger partial charge in [0.2, 0.25) is 0 Å². The third-order valence-electron chi connectivity index (χ3n) is 5.54. The van der Waals surface area contributed by atoms with E-state index in [1.807, 2.05) is 0 Å². The molecule has 0 radical (unpaired) electrons. The standard InChI is InChI=1S/C21H25F4NO3/c1-20(2,3)29-19(28)26-15-6-7-16(26)9-13(8-15)18(27)10-12-4-5-14(11-17(12)22)21(23,24)25/h4-5,11,13,15-16H,6-10H2,1-3H3. The fourth-order valence-corrected chi connectivity index (χ4v) is 4.25. The molecule has 2 aliphatic rings. The number of benzene rings is 1. The van der Waals surface area contributed by atoms with Crippen LogP contribution in [0.1, 0.15) is 57.6 Å². The zero-order chi connectivity index (χ0) is 21.6. The van der Waals surface area contributed by atoms with Crippen LogP contribution < -0.4 is 0 Å². The van der Waals surface area contributed by atoms with Crippen molar-refractivity contribution < 1.29 is 31.9 Å². The van der Waals surface area contributed by atoms with Crippen LogP contribution in [-0.2, 0) is 22.1 Å². The first-order valence-corrected chi connectivity index (χ1v) is 9.75. The van der Waals surface area contributed by atoms with Gasteiger partial charge in [0.25, 0.3) is 0 Å². The van der Waals surface area contributed by atoms with E-state index in [1.54, 1.807) is 25.7 Å². The first kappa shape index (κ1) is 21.6. The fraction of sp³-hybridized carbons (Fsp3) is 0.619. The number of rotatable bonds is 3. The third-order valence-corrected chi connectivity index (χ3v) is 5.54. The molecular weight excluding hydrogens is 390 g/mol. The molecule has 2 heterocycles. The van der Waals surface area contributed by atoms with E-state index in [-0.39, 0.29) is 41.9 Å². The minimum Gasteiger partial charge on any atom is -0.444 e. The van der Waals surface area contributed by atoms with Crippen molar-refractivity contribution in [3.8, 4) is 0 Å². The summed E-state index contributed by atoms with van der Waals surface area (Å²) in [6.07, 6.45) is -2.76. The topological polar surface area (TPSA) is 46.6 Å². The number of ketones is 1. The molecule has 1 aromatic rings. The van der Waals surface area contributed by atoms with Gasteiger partial charge in [-0.3, -0.25) is 4.79 Å². The average molecular weight is 415 g/mol. The van der Waals surface area contributed by atoms with Crippen LogP contribution in [0.5, 0.6) is 0 Å². The summed E-state index contributed by atoms with van der Waals surface area (Å²) in [7, 11) is 0. The highest BCUT2D eigenvalue weighted by Crippen LogP contribution is 2.40. The van der Waals surface area contributed by atoms with Crippen LogP contribution in [0.3, 0.4) is 0 Å². The maximum Gasteiger partial charge on any atom is 0.416 e. The normalized spacial score (nSPS) is 24.5. The van der Waals surface area contributed by atoms with E-state index in [0.29, 0.717) is 18.9 Å². The van der Waals surface area contributed by atoms with E-state index in [4.69, 9.17) is 4.74 Å². The van der Waals surface area contributed by atoms with Crippen LogP contribution in [0.2, 0.25) is 0 Å². The largest absolute Gasteiger partial charge is 0.444 e. The summed E-state index contributed by atoms with van der Waals surface area (Å²) in [6.45, 7) is 5.38. The van der Waals surface area contributed by atoms with Crippen molar-refractivity contribution in [1.82, 2.24) is 4.90 Å². The zero-order valence-corrected chi connectivity index (χ0v) is 16.7. The van der Waals surface area contributed by atoms with Crippen LogP contribution in [0.25, 0.3) is 0 Å². The average Bonchev–Trinajstić information content (AvgIpc) is 2.84. The molecule has 2 saturated heterocycles. The molecule has 160 valence electrons. The summed E-state index contributed by atoms with van der Waals surface area (Å²) >= 11 is 0. The third kappa shape index (κ3) is 4.90. The SMILES string of the molecule is CC(C)(C)OC(=O)N1C2CCC1CC(C(=O)Cc1ccc(C(F)(F)F)cc1F)C2. The molecule has 0 N–H and O–H groups in total. The molecule has 0 aromatic heterocycles. The van der Waals surface area contributed by atoms with Crippen LogP contribution in [0.15, 0.2) is 18.2 Å². The van der Waals surface area contributed by atoms with Crippen molar-refractivity contribution in [3.63, 3.8) is 0 Å². The number of alkyl halides is 3. The molecule has 2 atom stereocenters. The molecular formula is C21H25F4NO3. The van der Waals surface area contributed by atoms with Gasteiger partial charge in [-0.1, -0.05) is 6.07 Å². The number of carbonyl (C=O) groups is 2. The van der Waals surface area contributed by atoms with Gasteiger partial charge in [0, 0.05) is 24.4 Å². The summed E-state index contributed by atoms with van der Waals surface area (Å²) in [5, 5.41) is 0. The van der Waals surface area contributed by atoms with Crippen molar-refractivity contribution in [1.29, 1.82) is 0 Å². The molecule has 2 bridgehead atoms. The van der Waals surface area contributed by atoms with Crippen molar-refractivity contribution in [3.05, 3.63) is 35.1 Å². The maximum atomic E-state index is 14.1. The number of hydrogen-bond acceptors (Lipinski definition) is 3. The minimum atomic E-state index is -4.63. The van der Waals surface area contributed by atoms with Crippen LogP contribution in [-0.4, -0.2) is 34.5 Å². The Bertz CT molecular complexity index is 786. The highest BCUT2D eigenvalue weighted by atomic mass is 19.4. The minimum absolute atomic E-state index is 0.0371. The number of carbonyl (C=O) groups excluding carboxylic acids is 2. The smallest absolute Gasteiger partial charge is 0.416 e. The Morgan fingerprint density at radius 2 is 1.69 bits per heavy atom. The van der Waals surface area contributed by atoms with Crippen molar-refractivity contribution in [2.75, 3.05) is 0 Å². The van der Waals surface area contributed by atoms with Crippen molar-refractivity contribution >= 4 is 11.9 Å². The molecule has 3 rings (SSSR count). The van der Waals surface area contributed by atoms with Gasteiger partial charge < -0.3 is 9.64 Å². The number of Topliss-reactive ketones (excluding diaryl/α,β-unsaturated/α-hetero) is 1. The van der Waals surface area contributed by atoms with Gasteiger partial charge >= 0.3 is 12.3 Å². The Balaban J connectivity index is 1.65. The number of nitrogens with zero attached hydrogens (tertiary/aromatic N) is 1. The van der Waals surface area contributed by atoms with Crippen molar-refractivity contribution in [2.45, 2.75) is 76.7 Å². The van der Waals surface area contributed by atoms with Crippen LogP contribution in [0, 0.1) is 11.7 Å². The van der Waals surface area contributed by atoms with E-state index in [2.05, 4.69) is 0 Å². The molecule has 0 spiro atoms. The van der Waals surface area contributed by atoms with Gasteiger partial charge in [-0.2, -0.15) is 13.2 Å². The molecule has 29 heavy (non-hydrogen) atoms. The van der Waals surface area contributed by atoms with Crippen LogP contribution in [0.4, 0.5) is 22.4 Å². The first-order chi connectivity index (χ1) is 13.3. The van der Waals surface area contributed by atoms with Gasteiger partial charge in [0.05, 0.1) is 5.56 Å². The maximum absolute atomic E-state index is 14.1. The Hall–Kier alpha value is -2.12. The molecule has 1 amide bonds. The molecule has 0 saturated carbocycles. The summed E-state index contributed by atoms with van der Waals surface area (Å²) in [5.41, 5.74) is -1.72. The predicted octanol–water partition coefficient (Wildman–Crippen LogP) is 5.13. The Morgan fingerprint density at radius 1 is 1.10 bits per heavy atom. The fourth-order valence-electron chi connectivity index (χ4n) is 4.25. The molecule has 0 aliphatic carbocycles. The second-order valence-electron chi connectivity index (χ2n) is 8.89. The summed E-state index contributed by atoms with van der Waals surface area (Å²) in [4.78, 5) is 26.9.